The van der Waals surface area contributed by atoms with E-state index >= 15 is 0 Å². The van der Waals surface area contributed by atoms with E-state index in [1.165, 1.54) is 5.56 Å². The van der Waals surface area contributed by atoms with E-state index in [0.29, 0.717) is 0 Å². The number of hydrogen-bond donors (Lipinski definition) is 1. The first kappa shape index (κ1) is 9.16. The smallest absolute Gasteiger partial charge is 0.110 e. The van der Waals surface area contributed by atoms with Gasteiger partial charge in [0.25, 0.3) is 0 Å². The zero-order chi connectivity index (χ0) is 9.31. The predicted octanol–water partition coefficient (Wildman–Crippen LogP) is 3.43. The van der Waals surface area contributed by atoms with Gasteiger partial charge in [-0.3, -0.25) is 0 Å². The minimum Gasteiger partial charge on any atom is -0.373 e. The average molecular weight is 256 g/mol. The van der Waals surface area contributed by atoms with Gasteiger partial charge in [0.2, 0.25) is 0 Å². The van der Waals surface area contributed by atoms with Gasteiger partial charge in [0, 0.05) is 10.7 Å². The van der Waals surface area contributed by atoms with Crippen LogP contribution in [0.25, 0.3) is 0 Å². The Balaban J connectivity index is 2.30. The van der Waals surface area contributed by atoms with E-state index in [1.54, 1.807) is 11.8 Å². The first-order chi connectivity index (χ1) is 6.21. The molecular formula is C10H10BrNS. The monoisotopic (exact) mass is 255 g/mol. The Labute approximate surface area is 90.7 Å². The highest BCUT2D eigenvalue weighted by Crippen LogP contribution is 2.37. The fourth-order valence-corrected chi connectivity index (χ4v) is 2.40. The Kier molecular flexibility index (Phi) is 2.39. The molecule has 0 amide bonds. The first-order valence-electron chi connectivity index (χ1n) is 4.07. The topological polar surface area (TPSA) is 12.0 Å². The van der Waals surface area contributed by atoms with Crippen LogP contribution in [0.3, 0.4) is 0 Å². The molecule has 1 aromatic rings. The van der Waals surface area contributed by atoms with Gasteiger partial charge in [-0.25, -0.2) is 0 Å². The SMILES string of the molecule is CC1(c2ccc(Br)cc2)NC=CS1. The van der Waals surface area contributed by atoms with Crippen molar-refractivity contribution in [1.29, 1.82) is 0 Å². The van der Waals surface area contributed by atoms with Crippen molar-refractivity contribution in [1.82, 2.24) is 5.32 Å². The molecule has 1 nitrogen and oxygen atoms in total. The van der Waals surface area contributed by atoms with Crippen molar-refractivity contribution in [2.45, 2.75) is 11.8 Å². The molecule has 0 saturated carbocycles. The molecule has 0 fully saturated rings. The zero-order valence-corrected chi connectivity index (χ0v) is 9.65. The number of thioether (sulfide) groups is 1. The molecule has 1 atom stereocenters. The highest BCUT2D eigenvalue weighted by molar-refractivity contribution is 9.10. The Hall–Kier alpha value is -0.410. The second-order valence-corrected chi connectivity index (χ2v) is 5.35. The van der Waals surface area contributed by atoms with Crippen molar-refractivity contribution < 1.29 is 0 Å². The molecule has 0 aromatic heterocycles. The summed E-state index contributed by atoms with van der Waals surface area (Å²) in [6, 6.07) is 8.41. The molecule has 0 spiro atoms. The van der Waals surface area contributed by atoms with E-state index in [0.717, 1.165) is 4.47 Å². The Bertz CT molecular complexity index is 323. The third kappa shape index (κ3) is 1.76. The first-order valence-corrected chi connectivity index (χ1v) is 5.74. The number of halogens is 1. The van der Waals surface area contributed by atoms with Gasteiger partial charge in [-0.15, -0.1) is 0 Å². The van der Waals surface area contributed by atoms with Crippen LogP contribution in [-0.4, -0.2) is 0 Å². The molecule has 1 aliphatic heterocycles. The zero-order valence-electron chi connectivity index (χ0n) is 7.25. The van der Waals surface area contributed by atoms with E-state index in [-0.39, 0.29) is 4.87 Å². The van der Waals surface area contributed by atoms with Crippen LogP contribution in [0.5, 0.6) is 0 Å². The van der Waals surface area contributed by atoms with Gasteiger partial charge in [-0.1, -0.05) is 39.8 Å². The molecule has 0 bridgehead atoms. The molecule has 1 aromatic carbocycles. The summed E-state index contributed by atoms with van der Waals surface area (Å²) in [5.41, 5.74) is 1.30. The quantitative estimate of drug-likeness (QED) is 0.826. The summed E-state index contributed by atoms with van der Waals surface area (Å²) in [6.45, 7) is 2.18. The molecule has 1 unspecified atom stereocenters. The standard InChI is InChI=1S/C10H10BrNS/c1-10(12-6-7-13-10)8-2-4-9(11)5-3-8/h2-7,12H,1H3. The van der Waals surface area contributed by atoms with Crippen molar-refractivity contribution in [2.75, 3.05) is 0 Å². The summed E-state index contributed by atoms with van der Waals surface area (Å²) >= 11 is 5.23. The molecule has 13 heavy (non-hydrogen) atoms. The van der Waals surface area contributed by atoms with E-state index in [4.69, 9.17) is 0 Å². The highest BCUT2D eigenvalue weighted by atomic mass is 79.9. The van der Waals surface area contributed by atoms with Gasteiger partial charge in [0.15, 0.2) is 0 Å². The summed E-state index contributed by atoms with van der Waals surface area (Å²) in [6.07, 6.45) is 1.99. The predicted molar refractivity (Wildman–Crippen MR) is 61.4 cm³/mol. The van der Waals surface area contributed by atoms with Crippen molar-refractivity contribution in [3.05, 3.63) is 45.9 Å². The fraction of sp³-hybridized carbons (Fsp3) is 0.200. The maximum Gasteiger partial charge on any atom is 0.110 e. The molecule has 3 heteroatoms. The second kappa shape index (κ2) is 3.39. The average Bonchev–Trinajstić information content (AvgIpc) is 2.54. The normalized spacial score (nSPS) is 26.0. The summed E-state index contributed by atoms with van der Waals surface area (Å²) in [5, 5.41) is 5.42. The Morgan fingerprint density at radius 1 is 1.31 bits per heavy atom. The molecular weight excluding hydrogens is 246 g/mol. The fourth-order valence-electron chi connectivity index (χ4n) is 1.32. The lowest BCUT2D eigenvalue weighted by molar-refractivity contribution is 0.632. The Morgan fingerprint density at radius 2 is 2.00 bits per heavy atom. The van der Waals surface area contributed by atoms with Crippen LogP contribution in [0.15, 0.2) is 40.3 Å². The van der Waals surface area contributed by atoms with Crippen molar-refractivity contribution in [3.8, 4) is 0 Å². The van der Waals surface area contributed by atoms with Crippen LogP contribution >= 0.6 is 27.7 Å². The third-order valence-electron chi connectivity index (χ3n) is 2.13. The number of rotatable bonds is 1. The van der Waals surface area contributed by atoms with Gasteiger partial charge in [0.1, 0.15) is 4.87 Å². The third-order valence-corrected chi connectivity index (χ3v) is 3.75. The van der Waals surface area contributed by atoms with E-state index < -0.39 is 0 Å². The van der Waals surface area contributed by atoms with E-state index in [2.05, 4.69) is 57.8 Å². The summed E-state index contributed by atoms with van der Waals surface area (Å²) in [5.74, 6) is 0. The van der Waals surface area contributed by atoms with Crippen LogP contribution < -0.4 is 5.32 Å². The van der Waals surface area contributed by atoms with E-state index in [1.807, 2.05) is 6.20 Å². The van der Waals surface area contributed by atoms with Gasteiger partial charge in [0.05, 0.1) is 0 Å². The molecule has 1 aliphatic rings. The lowest BCUT2D eigenvalue weighted by atomic mass is 10.1. The second-order valence-electron chi connectivity index (χ2n) is 3.11. The maximum absolute atomic E-state index is 3.43. The largest absolute Gasteiger partial charge is 0.373 e. The van der Waals surface area contributed by atoms with Crippen LogP contribution in [0.1, 0.15) is 12.5 Å². The van der Waals surface area contributed by atoms with Gasteiger partial charge in [-0.05, 0) is 30.0 Å². The molecule has 0 radical (unpaired) electrons. The van der Waals surface area contributed by atoms with Crippen molar-refractivity contribution in [3.63, 3.8) is 0 Å². The van der Waals surface area contributed by atoms with Gasteiger partial charge < -0.3 is 5.32 Å². The van der Waals surface area contributed by atoms with Crippen LogP contribution in [0.4, 0.5) is 0 Å². The summed E-state index contributed by atoms with van der Waals surface area (Å²) < 4.78 is 1.12. The molecule has 2 rings (SSSR count). The number of hydrogen-bond acceptors (Lipinski definition) is 2. The van der Waals surface area contributed by atoms with E-state index in [9.17, 15) is 0 Å². The minimum absolute atomic E-state index is 0.0146. The lowest BCUT2D eigenvalue weighted by Gasteiger charge is -2.24. The molecule has 68 valence electrons. The molecule has 1 heterocycles. The number of nitrogens with one attached hydrogen (secondary N) is 1. The molecule has 0 saturated heterocycles. The number of benzene rings is 1. The van der Waals surface area contributed by atoms with Gasteiger partial charge in [-0.2, -0.15) is 0 Å². The summed E-state index contributed by atoms with van der Waals surface area (Å²) in [7, 11) is 0. The lowest BCUT2D eigenvalue weighted by Crippen LogP contribution is -2.28. The summed E-state index contributed by atoms with van der Waals surface area (Å²) in [4.78, 5) is 0.0146. The van der Waals surface area contributed by atoms with Crippen molar-refractivity contribution in [2.24, 2.45) is 0 Å². The van der Waals surface area contributed by atoms with Crippen LogP contribution in [0, 0.1) is 0 Å². The van der Waals surface area contributed by atoms with Crippen LogP contribution in [-0.2, 0) is 4.87 Å². The minimum atomic E-state index is 0.0146. The Morgan fingerprint density at radius 3 is 2.54 bits per heavy atom. The maximum atomic E-state index is 3.43. The van der Waals surface area contributed by atoms with Crippen molar-refractivity contribution >= 4 is 27.7 Å². The molecule has 0 aliphatic carbocycles. The molecule has 1 N–H and O–H groups in total. The highest BCUT2D eigenvalue weighted by Gasteiger charge is 2.27. The van der Waals surface area contributed by atoms with Crippen LogP contribution in [0.2, 0.25) is 0 Å². The van der Waals surface area contributed by atoms with Gasteiger partial charge >= 0.3 is 0 Å².